The number of benzene rings is 1. The Morgan fingerprint density at radius 3 is 1.94 bits per heavy atom. The molecule has 70 heavy (non-hydrogen) atoms. The van der Waals surface area contributed by atoms with Gasteiger partial charge in [0.15, 0.2) is 0 Å². The summed E-state index contributed by atoms with van der Waals surface area (Å²) in [5.74, 6) is 8.54. The third-order valence-electron chi connectivity index (χ3n) is 9.56. The van der Waals surface area contributed by atoms with Crippen LogP contribution >= 0.6 is 23.6 Å². The zero-order valence-electron chi connectivity index (χ0n) is 38.2. The standard InChI is InChI=1S/C29H25N3O4S.C21H21F3N3O2.CNS.Ru/c1-2-3-4-5-6-22-11-14-37-29(22)8-7-21-9-12-30-25(15-21)27-17-24(36-20-34)18-28(32-27)26-16-23(35-19-33)10-13-31-26;1-3-7-28-16-9-15(10-17(11-16)29-8-4-2)14-5-6-18(25-13-14)19-12-20(27-26-19)21(22,23)24;2-1-3;/h9-20H,2-6H2,1H3;5-6,9-13H,3-4,7-8H2,1-2H3;;/q;2*-1;+2. The van der Waals surface area contributed by atoms with Crippen molar-refractivity contribution in [1.29, 1.82) is 0 Å². The number of thiophene rings is 1. The predicted octanol–water partition coefficient (Wildman–Crippen LogP) is 11.9. The number of hydrogen-bond acceptors (Lipinski definition) is 13. The van der Waals surface area contributed by atoms with Crippen LogP contribution in [0, 0.1) is 11.8 Å². The molecule has 1 aromatic carbocycles. The molecule has 0 aliphatic carbocycles. The van der Waals surface area contributed by atoms with Gasteiger partial charge in [0.25, 0.3) is 12.9 Å². The van der Waals surface area contributed by atoms with E-state index in [9.17, 15) is 22.8 Å². The molecule has 0 aliphatic rings. The van der Waals surface area contributed by atoms with Gasteiger partial charge in [0.2, 0.25) is 0 Å². The van der Waals surface area contributed by atoms with Gasteiger partial charge in [0.05, 0.1) is 40.9 Å². The molecule has 362 valence electrons. The minimum absolute atomic E-state index is 0. The first kappa shape index (κ1) is 55.6. The normalized spacial score (nSPS) is 10.3. The van der Waals surface area contributed by atoms with Crippen LogP contribution in [0.1, 0.15) is 81.0 Å². The minimum Gasteiger partial charge on any atom is -0.753 e. The number of carbonyl (C=O) groups is 2. The molecule has 0 N–H and O–H groups in total. The molecule has 0 saturated heterocycles. The average molecular weight is 1080 g/mol. The van der Waals surface area contributed by atoms with Gasteiger partial charge in [-0.2, -0.15) is 18.3 Å². The summed E-state index contributed by atoms with van der Waals surface area (Å²) in [4.78, 5) is 40.5. The summed E-state index contributed by atoms with van der Waals surface area (Å²) in [5.41, 5.74) is 4.99. The van der Waals surface area contributed by atoms with Crippen molar-refractivity contribution in [2.24, 2.45) is 0 Å². The van der Waals surface area contributed by atoms with Crippen LogP contribution in [0.2, 0.25) is 0 Å². The van der Waals surface area contributed by atoms with Crippen LogP contribution in [0.3, 0.4) is 0 Å². The Balaban J connectivity index is 0.000000292. The molecule has 6 heterocycles. The van der Waals surface area contributed by atoms with Crippen LogP contribution in [-0.2, 0) is 41.7 Å². The van der Waals surface area contributed by atoms with Gasteiger partial charge in [-0.15, -0.1) is 11.3 Å². The number of ether oxygens (including phenoxy) is 4. The van der Waals surface area contributed by atoms with E-state index < -0.39 is 11.9 Å². The zero-order chi connectivity index (χ0) is 49.4. The van der Waals surface area contributed by atoms with Crippen molar-refractivity contribution in [3.8, 4) is 80.1 Å². The first-order valence-corrected chi connectivity index (χ1v) is 23.0. The molecule has 6 aromatic heterocycles. The summed E-state index contributed by atoms with van der Waals surface area (Å²) in [7, 11) is 0. The van der Waals surface area contributed by atoms with Crippen molar-refractivity contribution in [3.63, 3.8) is 0 Å². The molecule has 0 aliphatic heterocycles. The largest absolute Gasteiger partial charge is 2.00 e. The molecule has 0 unspecified atom stereocenters. The summed E-state index contributed by atoms with van der Waals surface area (Å²) in [5, 5.41) is 17.3. The van der Waals surface area contributed by atoms with Crippen molar-refractivity contribution in [1.82, 2.24) is 30.1 Å². The molecule has 13 nitrogen and oxygen atoms in total. The summed E-state index contributed by atoms with van der Waals surface area (Å²) in [6.07, 6.45) is 7.91. The molecule has 0 amide bonds. The number of hydrogen-bond donors (Lipinski definition) is 0. The van der Waals surface area contributed by atoms with Crippen molar-refractivity contribution >= 4 is 41.7 Å². The fraction of sp³-hybridized carbons (Fsp3) is 0.255. The van der Waals surface area contributed by atoms with Crippen LogP contribution in [-0.4, -0.2) is 56.4 Å². The first-order valence-electron chi connectivity index (χ1n) is 21.7. The van der Waals surface area contributed by atoms with Crippen molar-refractivity contribution in [3.05, 3.63) is 130 Å². The van der Waals surface area contributed by atoms with Gasteiger partial charge in [-0.1, -0.05) is 75.9 Å². The van der Waals surface area contributed by atoms with Crippen LogP contribution in [0.5, 0.6) is 23.0 Å². The van der Waals surface area contributed by atoms with E-state index in [2.05, 4.69) is 72.6 Å². The van der Waals surface area contributed by atoms with E-state index >= 15 is 0 Å². The van der Waals surface area contributed by atoms with Gasteiger partial charge >= 0.3 is 25.7 Å². The van der Waals surface area contributed by atoms with Crippen molar-refractivity contribution in [2.45, 2.75) is 71.9 Å². The molecular formula is C51H46F3N7O6RuS2. The van der Waals surface area contributed by atoms with Crippen LogP contribution in [0.4, 0.5) is 13.2 Å². The SMILES string of the molecule is CCCCCCc1ccsc1C#Cc1ccnc(-c2cc(OC=O)cc(-c3cc(OC=O)ccn3)n2)c1.CCCOc1cc(OCCC)cc(-c2ccc(-c3cc(C(F)(F)F)n[n-]3)nc2)c1.[N-]=C=S.[Ru+2]. The van der Waals surface area contributed by atoms with E-state index in [0.717, 1.165) is 46.9 Å². The Kier molecular flexibility index (Phi) is 23.2. The van der Waals surface area contributed by atoms with Crippen LogP contribution in [0.15, 0.2) is 103 Å². The second-order valence-electron chi connectivity index (χ2n) is 14.7. The fourth-order valence-electron chi connectivity index (χ4n) is 6.35. The molecule has 0 saturated carbocycles. The number of thiocarbonyl (C=S) groups is 1. The van der Waals surface area contributed by atoms with Gasteiger partial charge in [0.1, 0.15) is 28.7 Å². The van der Waals surface area contributed by atoms with Crippen molar-refractivity contribution in [2.75, 3.05) is 13.2 Å². The fourth-order valence-corrected chi connectivity index (χ4v) is 7.15. The van der Waals surface area contributed by atoms with Crippen LogP contribution < -0.4 is 24.0 Å². The smallest absolute Gasteiger partial charge is 0.753 e. The molecule has 0 bridgehead atoms. The molecule has 7 aromatic rings. The van der Waals surface area contributed by atoms with Gasteiger partial charge in [-0.05, 0) is 90.7 Å². The number of alkyl halides is 3. The molecule has 19 heteroatoms. The third kappa shape index (κ3) is 17.2. The summed E-state index contributed by atoms with van der Waals surface area (Å²) in [6, 6.07) is 22.1. The monoisotopic (exact) mass is 1080 g/mol. The Labute approximate surface area is 425 Å². The quantitative estimate of drug-likeness (QED) is 0.0187. The molecule has 7 rings (SSSR count). The molecule has 0 radical (unpaired) electrons. The van der Waals surface area contributed by atoms with E-state index in [0.29, 0.717) is 71.9 Å². The van der Waals surface area contributed by atoms with Gasteiger partial charge in [0, 0.05) is 59.7 Å². The Morgan fingerprint density at radius 1 is 0.700 bits per heavy atom. The maximum atomic E-state index is 12.7. The van der Waals surface area contributed by atoms with E-state index in [1.54, 1.807) is 60.1 Å². The maximum absolute atomic E-state index is 12.7. The predicted molar refractivity (Wildman–Crippen MR) is 261 cm³/mol. The number of unbranched alkanes of at least 4 members (excludes halogenated alkanes) is 3. The zero-order valence-corrected chi connectivity index (χ0v) is 41.6. The third-order valence-corrected chi connectivity index (χ3v) is 10.4. The Morgan fingerprint density at radius 2 is 1.34 bits per heavy atom. The average Bonchev–Trinajstić information content (AvgIpc) is 4.05. The van der Waals surface area contributed by atoms with E-state index in [4.69, 9.17) is 24.4 Å². The number of carbonyl (C=O) groups excluding carboxylic acids is 2. The summed E-state index contributed by atoms with van der Waals surface area (Å²) >= 11 is 5.35. The molecular weight excluding hydrogens is 1030 g/mol. The molecule has 0 atom stereocenters. The van der Waals surface area contributed by atoms with E-state index in [1.807, 2.05) is 44.2 Å². The summed E-state index contributed by atoms with van der Waals surface area (Å²) in [6.45, 7) is 8.13. The second-order valence-corrected chi connectivity index (χ2v) is 15.8. The number of rotatable bonds is 19. The number of aromatic nitrogens is 6. The minimum atomic E-state index is -4.53. The Bertz CT molecular complexity index is 2840. The van der Waals surface area contributed by atoms with E-state index in [1.165, 1.54) is 42.6 Å². The van der Waals surface area contributed by atoms with Gasteiger partial charge in [-0.3, -0.25) is 24.5 Å². The summed E-state index contributed by atoms with van der Waals surface area (Å²) < 4.78 is 59.6. The number of isothiocyanates is 1. The van der Waals surface area contributed by atoms with Gasteiger partial charge in [-0.25, -0.2) is 4.98 Å². The number of pyridine rings is 4. The second kappa shape index (κ2) is 29.2. The number of aryl methyl sites for hydroxylation is 1. The topological polar surface area (TPSA) is 172 Å². The van der Waals surface area contributed by atoms with Crippen LogP contribution in [0.25, 0.3) is 50.7 Å². The molecule has 0 fully saturated rings. The molecule has 0 spiro atoms. The van der Waals surface area contributed by atoms with E-state index in [-0.39, 0.29) is 30.9 Å². The van der Waals surface area contributed by atoms with Gasteiger partial charge < -0.3 is 34.6 Å². The van der Waals surface area contributed by atoms with Crippen molar-refractivity contribution < 1.29 is 61.2 Å². The number of halogens is 3. The maximum Gasteiger partial charge on any atom is 2.00 e. The first-order chi connectivity index (χ1) is 33.5. The Hall–Kier alpha value is -6.96. The number of nitrogens with zero attached hydrogens (tertiary/aromatic N) is 7.